The molecule has 0 amide bonds. The van der Waals surface area contributed by atoms with Crippen LogP contribution in [0.2, 0.25) is 0 Å². The SMILES string of the molecule is CCCN1CCC(NC(=NCC(C)N(C)Cc2ccccc2)NCC)CC1. The number of rotatable bonds is 9. The minimum absolute atomic E-state index is 0.395. The average Bonchev–Trinajstić information content (AvgIpc) is 2.68. The molecule has 0 spiro atoms. The number of likely N-dealkylation sites (N-methyl/N-ethyl adjacent to an activating group) is 1. The second-order valence-electron chi connectivity index (χ2n) is 7.73. The molecule has 5 heteroatoms. The highest BCUT2D eigenvalue weighted by Crippen LogP contribution is 2.11. The first kappa shape index (κ1) is 21.7. The Bertz CT molecular complexity index is 537. The van der Waals surface area contributed by atoms with Crippen LogP contribution in [0.25, 0.3) is 0 Å². The molecule has 1 atom stereocenters. The van der Waals surface area contributed by atoms with Crippen LogP contribution in [-0.4, -0.2) is 67.6 Å². The second-order valence-corrected chi connectivity index (χ2v) is 7.73. The maximum atomic E-state index is 4.86. The summed E-state index contributed by atoms with van der Waals surface area (Å²) in [6.07, 6.45) is 3.65. The molecule has 1 heterocycles. The van der Waals surface area contributed by atoms with Crippen molar-refractivity contribution in [3.63, 3.8) is 0 Å². The van der Waals surface area contributed by atoms with Crippen molar-refractivity contribution in [3.8, 4) is 0 Å². The molecule has 1 saturated heterocycles. The van der Waals surface area contributed by atoms with E-state index in [9.17, 15) is 0 Å². The molecule has 27 heavy (non-hydrogen) atoms. The molecule has 1 aliphatic rings. The smallest absolute Gasteiger partial charge is 0.191 e. The number of nitrogens with zero attached hydrogens (tertiary/aromatic N) is 3. The van der Waals surface area contributed by atoms with E-state index in [1.54, 1.807) is 0 Å². The molecule has 5 nitrogen and oxygen atoms in total. The molecule has 2 rings (SSSR count). The van der Waals surface area contributed by atoms with E-state index in [4.69, 9.17) is 4.99 Å². The lowest BCUT2D eigenvalue weighted by Crippen LogP contribution is -2.49. The summed E-state index contributed by atoms with van der Waals surface area (Å²) < 4.78 is 0. The lowest BCUT2D eigenvalue weighted by Gasteiger charge is -2.33. The molecule has 0 aromatic heterocycles. The zero-order valence-corrected chi connectivity index (χ0v) is 17.7. The van der Waals surface area contributed by atoms with Gasteiger partial charge in [-0.15, -0.1) is 0 Å². The Hall–Kier alpha value is -1.59. The number of guanidine groups is 1. The van der Waals surface area contributed by atoms with Gasteiger partial charge in [0.2, 0.25) is 0 Å². The number of likely N-dealkylation sites (tertiary alicyclic amines) is 1. The van der Waals surface area contributed by atoms with E-state index in [2.05, 4.69) is 78.6 Å². The highest BCUT2D eigenvalue weighted by Gasteiger charge is 2.19. The summed E-state index contributed by atoms with van der Waals surface area (Å²) in [5.41, 5.74) is 1.35. The fourth-order valence-corrected chi connectivity index (χ4v) is 3.52. The minimum atomic E-state index is 0.395. The van der Waals surface area contributed by atoms with Crippen molar-refractivity contribution < 1.29 is 0 Å². The third kappa shape index (κ3) is 7.89. The topological polar surface area (TPSA) is 42.9 Å². The van der Waals surface area contributed by atoms with Gasteiger partial charge in [-0.25, -0.2) is 0 Å². The van der Waals surface area contributed by atoms with E-state index in [-0.39, 0.29) is 0 Å². The molecular formula is C22H39N5. The Morgan fingerprint density at radius 1 is 1.22 bits per heavy atom. The van der Waals surface area contributed by atoms with Crippen LogP contribution in [0.5, 0.6) is 0 Å². The van der Waals surface area contributed by atoms with Crippen LogP contribution in [0.1, 0.15) is 45.6 Å². The Morgan fingerprint density at radius 2 is 1.93 bits per heavy atom. The first-order valence-electron chi connectivity index (χ1n) is 10.6. The van der Waals surface area contributed by atoms with Crippen LogP contribution in [0.4, 0.5) is 0 Å². The lowest BCUT2D eigenvalue weighted by molar-refractivity contribution is 0.206. The first-order valence-corrected chi connectivity index (χ1v) is 10.6. The molecular weight excluding hydrogens is 334 g/mol. The molecule has 1 aromatic rings. The monoisotopic (exact) mass is 373 g/mol. The average molecular weight is 374 g/mol. The van der Waals surface area contributed by atoms with Gasteiger partial charge in [-0.2, -0.15) is 0 Å². The molecule has 0 bridgehead atoms. The largest absolute Gasteiger partial charge is 0.357 e. The molecule has 0 aliphatic carbocycles. The second kappa shape index (κ2) is 12.0. The normalized spacial score (nSPS) is 17.9. The molecule has 0 radical (unpaired) electrons. The van der Waals surface area contributed by atoms with Crippen molar-refractivity contribution in [2.24, 2.45) is 4.99 Å². The zero-order valence-electron chi connectivity index (χ0n) is 17.7. The highest BCUT2D eigenvalue weighted by atomic mass is 15.2. The first-order chi connectivity index (χ1) is 13.1. The fraction of sp³-hybridized carbons (Fsp3) is 0.682. The molecule has 1 unspecified atom stereocenters. The Kier molecular flexibility index (Phi) is 9.64. The Balaban J connectivity index is 1.81. The van der Waals surface area contributed by atoms with E-state index in [1.807, 2.05) is 0 Å². The van der Waals surface area contributed by atoms with Crippen LogP contribution in [0.3, 0.4) is 0 Å². The van der Waals surface area contributed by atoms with Crippen molar-refractivity contribution >= 4 is 5.96 Å². The predicted molar refractivity (Wildman–Crippen MR) is 116 cm³/mol. The number of hydrogen-bond donors (Lipinski definition) is 2. The molecule has 2 N–H and O–H groups in total. The predicted octanol–water partition coefficient (Wildman–Crippen LogP) is 2.94. The number of hydrogen-bond acceptors (Lipinski definition) is 3. The third-order valence-electron chi connectivity index (χ3n) is 5.35. The summed E-state index contributed by atoms with van der Waals surface area (Å²) in [5, 5.41) is 7.07. The van der Waals surface area contributed by atoms with Gasteiger partial charge in [0.05, 0.1) is 6.54 Å². The number of nitrogens with one attached hydrogen (secondary N) is 2. The van der Waals surface area contributed by atoms with Crippen LogP contribution in [-0.2, 0) is 6.54 Å². The number of benzene rings is 1. The molecule has 1 aliphatic heterocycles. The van der Waals surface area contributed by atoms with Crippen LogP contribution < -0.4 is 10.6 Å². The number of piperidine rings is 1. The Morgan fingerprint density at radius 3 is 2.56 bits per heavy atom. The molecule has 152 valence electrons. The third-order valence-corrected chi connectivity index (χ3v) is 5.35. The van der Waals surface area contributed by atoms with Crippen molar-refractivity contribution in [3.05, 3.63) is 35.9 Å². The lowest BCUT2D eigenvalue weighted by atomic mass is 10.1. The summed E-state index contributed by atoms with van der Waals surface area (Å²) in [6, 6.07) is 11.6. The van der Waals surface area contributed by atoms with E-state index >= 15 is 0 Å². The maximum Gasteiger partial charge on any atom is 0.191 e. The molecule has 0 saturated carbocycles. The van der Waals surface area contributed by atoms with Crippen molar-refractivity contribution in [2.45, 2.75) is 58.7 Å². The molecule has 1 fully saturated rings. The van der Waals surface area contributed by atoms with Crippen LogP contribution in [0.15, 0.2) is 35.3 Å². The van der Waals surface area contributed by atoms with Crippen molar-refractivity contribution in [1.82, 2.24) is 20.4 Å². The Labute approximate surface area is 166 Å². The van der Waals surface area contributed by atoms with Gasteiger partial charge in [0.15, 0.2) is 5.96 Å². The summed E-state index contributed by atoms with van der Waals surface area (Å²) >= 11 is 0. The van der Waals surface area contributed by atoms with Gasteiger partial charge in [0, 0.05) is 38.3 Å². The van der Waals surface area contributed by atoms with E-state index < -0.39 is 0 Å². The van der Waals surface area contributed by atoms with Gasteiger partial charge in [-0.05, 0) is 52.3 Å². The summed E-state index contributed by atoms with van der Waals surface area (Å²) in [7, 11) is 2.18. The summed E-state index contributed by atoms with van der Waals surface area (Å²) in [4.78, 5) is 9.80. The van der Waals surface area contributed by atoms with Gasteiger partial charge < -0.3 is 15.5 Å². The summed E-state index contributed by atoms with van der Waals surface area (Å²) in [6.45, 7) is 12.9. The standard InChI is InChI=1S/C22H39N5/c1-5-14-27-15-12-21(13-16-27)25-22(23-6-2)24-17-19(3)26(4)18-20-10-8-7-9-11-20/h7-11,19,21H,5-6,12-18H2,1-4H3,(H2,23,24,25). The highest BCUT2D eigenvalue weighted by molar-refractivity contribution is 5.80. The van der Waals surface area contributed by atoms with Gasteiger partial charge in [-0.3, -0.25) is 9.89 Å². The van der Waals surface area contributed by atoms with Gasteiger partial charge >= 0.3 is 0 Å². The maximum absolute atomic E-state index is 4.86. The van der Waals surface area contributed by atoms with E-state index in [1.165, 1.54) is 44.5 Å². The van der Waals surface area contributed by atoms with Crippen LogP contribution in [0, 0.1) is 0 Å². The van der Waals surface area contributed by atoms with Crippen molar-refractivity contribution in [1.29, 1.82) is 0 Å². The van der Waals surface area contributed by atoms with Gasteiger partial charge in [0.1, 0.15) is 0 Å². The van der Waals surface area contributed by atoms with Crippen molar-refractivity contribution in [2.75, 3.05) is 39.8 Å². The van der Waals surface area contributed by atoms with Gasteiger partial charge in [-0.1, -0.05) is 37.3 Å². The zero-order chi connectivity index (χ0) is 19.5. The van der Waals surface area contributed by atoms with Gasteiger partial charge in [0.25, 0.3) is 0 Å². The van der Waals surface area contributed by atoms with E-state index in [0.717, 1.165) is 25.6 Å². The summed E-state index contributed by atoms with van der Waals surface area (Å²) in [5.74, 6) is 0.964. The fourth-order valence-electron chi connectivity index (χ4n) is 3.52. The quantitative estimate of drug-likeness (QED) is 0.516. The number of aliphatic imine (C=N–C) groups is 1. The molecule has 1 aromatic carbocycles. The van der Waals surface area contributed by atoms with Crippen LogP contribution >= 0.6 is 0 Å². The minimum Gasteiger partial charge on any atom is -0.357 e. The van der Waals surface area contributed by atoms with E-state index in [0.29, 0.717) is 12.1 Å².